The van der Waals surface area contributed by atoms with E-state index in [1.807, 2.05) is 6.92 Å². The SMILES string of the molecule is C[C@H]1C[C@@H]1[C@@](C)(N)C(F)(F)CO. The van der Waals surface area contributed by atoms with Gasteiger partial charge in [-0.05, 0) is 25.2 Å². The molecular formula is C8H15F2NO. The summed E-state index contributed by atoms with van der Waals surface area (Å²) >= 11 is 0. The highest BCUT2D eigenvalue weighted by molar-refractivity contribution is 5.07. The molecule has 0 aromatic heterocycles. The van der Waals surface area contributed by atoms with E-state index in [1.54, 1.807) is 0 Å². The summed E-state index contributed by atoms with van der Waals surface area (Å²) in [7, 11) is 0. The van der Waals surface area contributed by atoms with Crippen molar-refractivity contribution in [1.82, 2.24) is 0 Å². The molecule has 2 nitrogen and oxygen atoms in total. The second-order valence-corrected chi connectivity index (χ2v) is 3.96. The van der Waals surface area contributed by atoms with Gasteiger partial charge in [-0.2, -0.15) is 0 Å². The molecule has 1 rings (SSSR count). The number of hydrogen-bond acceptors (Lipinski definition) is 2. The van der Waals surface area contributed by atoms with Crippen LogP contribution in [-0.4, -0.2) is 23.2 Å². The molecule has 1 aliphatic carbocycles. The van der Waals surface area contributed by atoms with Crippen molar-refractivity contribution in [1.29, 1.82) is 0 Å². The number of halogens is 2. The molecule has 0 aromatic rings. The number of aliphatic hydroxyl groups is 1. The summed E-state index contributed by atoms with van der Waals surface area (Å²) in [6.45, 7) is 2.05. The average molecular weight is 179 g/mol. The Kier molecular flexibility index (Phi) is 2.17. The van der Waals surface area contributed by atoms with Crippen LogP contribution in [0.1, 0.15) is 20.3 Å². The maximum atomic E-state index is 13.0. The van der Waals surface area contributed by atoms with E-state index in [0.29, 0.717) is 0 Å². The second kappa shape index (κ2) is 2.64. The van der Waals surface area contributed by atoms with Gasteiger partial charge in [0.1, 0.15) is 6.61 Å². The van der Waals surface area contributed by atoms with Gasteiger partial charge in [-0.1, -0.05) is 6.92 Å². The van der Waals surface area contributed by atoms with Gasteiger partial charge >= 0.3 is 0 Å². The first-order valence-electron chi connectivity index (χ1n) is 4.10. The minimum absolute atomic E-state index is 0.153. The van der Waals surface area contributed by atoms with Gasteiger partial charge in [-0.15, -0.1) is 0 Å². The minimum atomic E-state index is -3.16. The van der Waals surface area contributed by atoms with Crippen LogP contribution in [0.25, 0.3) is 0 Å². The van der Waals surface area contributed by atoms with Crippen LogP contribution in [0.5, 0.6) is 0 Å². The third kappa shape index (κ3) is 1.33. The molecule has 1 saturated carbocycles. The molecule has 0 heterocycles. The summed E-state index contributed by atoms with van der Waals surface area (Å²) in [5, 5.41) is 8.46. The average Bonchev–Trinajstić information content (AvgIpc) is 2.67. The van der Waals surface area contributed by atoms with Crippen LogP contribution in [0.4, 0.5) is 8.78 Å². The summed E-state index contributed by atoms with van der Waals surface area (Å²) in [6.07, 6.45) is 0.739. The molecule has 4 heteroatoms. The number of nitrogens with two attached hydrogens (primary N) is 1. The Labute approximate surface area is 70.8 Å². The minimum Gasteiger partial charge on any atom is -0.390 e. The van der Waals surface area contributed by atoms with Gasteiger partial charge in [0.05, 0.1) is 5.54 Å². The van der Waals surface area contributed by atoms with E-state index >= 15 is 0 Å². The summed E-state index contributed by atoms with van der Waals surface area (Å²) in [5.74, 6) is -3.06. The third-order valence-corrected chi connectivity index (χ3v) is 2.87. The van der Waals surface area contributed by atoms with Crippen LogP contribution in [0.15, 0.2) is 0 Å². The van der Waals surface area contributed by atoms with Crippen molar-refractivity contribution in [3.05, 3.63) is 0 Å². The Balaban J connectivity index is 2.70. The molecule has 0 unspecified atom stereocenters. The molecule has 0 spiro atoms. The molecule has 0 saturated heterocycles. The Morgan fingerprint density at radius 3 is 2.25 bits per heavy atom. The zero-order valence-electron chi connectivity index (χ0n) is 7.35. The summed E-state index contributed by atoms with van der Waals surface area (Å²) in [5.41, 5.74) is 3.94. The van der Waals surface area contributed by atoms with Crippen molar-refractivity contribution >= 4 is 0 Å². The van der Waals surface area contributed by atoms with Crippen LogP contribution >= 0.6 is 0 Å². The largest absolute Gasteiger partial charge is 0.390 e. The summed E-state index contributed by atoms with van der Waals surface area (Å²) in [4.78, 5) is 0. The van der Waals surface area contributed by atoms with Gasteiger partial charge in [0.2, 0.25) is 0 Å². The normalized spacial score (nSPS) is 34.5. The van der Waals surface area contributed by atoms with Crippen molar-refractivity contribution in [2.45, 2.75) is 31.7 Å². The van der Waals surface area contributed by atoms with E-state index in [2.05, 4.69) is 0 Å². The van der Waals surface area contributed by atoms with E-state index in [4.69, 9.17) is 10.8 Å². The first-order chi connectivity index (χ1) is 5.33. The molecule has 12 heavy (non-hydrogen) atoms. The molecule has 1 fully saturated rings. The smallest absolute Gasteiger partial charge is 0.288 e. The predicted octanol–water partition coefficient (Wildman–Crippen LogP) is 0.987. The van der Waals surface area contributed by atoms with Crippen molar-refractivity contribution in [3.8, 4) is 0 Å². The van der Waals surface area contributed by atoms with E-state index in [9.17, 15) is 8.78 Å². The van der Waals surface area contributed by atoms with Crippen LogP contribution in [0, 0.1) is 11.8 Å². The molecule has 0 amide bonds. The molecule has 72 valence electrons. The Morgan fingerprint density at radius 2 is 2.00 bits per heavy atom. The van der Waals surface area contributed by atoms with Crippen molar-refractivity contribution < 1.29 is 13.9 Å². The highest BCUT2D eigenvalue weighted by Crippen LogP contribution is 2.50. The summed E-state index contributed by atoms with van der Waals surface area (Å²) in [6, 6.07) is 0. The highest BCUT2D eigenvalue weighted by Gasteiger charge is 2.58. The maximum Gasteiger partial charge on any atom is 0.288 e. The third-order valence-electron chi connectivity index (χ3n) is 2.87. The second-order valence-electron chi connectivity index (χ2n) is 3.96. The predicted molar refractivity (Wildman–Crippen MR) is 41.9 cm³/mol. The fraction of sp³-hybridized carbons (Fsp3) is 1.00. The van der Waals surface area contributed by atoms with Crippen LogP contribution in [-0.2, 0) is 0 Å². The lowest BCUT2D eigenvalue weighted by Gasteiger charge is -2.33. The monoisotopic (exact) mass is 179 g/mol. The first kappa shape index (κ1) is 9.86. The molecular weight excluding hydrogens is 164 g/mol. The summed E-state index contributed by atoms with van der Waals surface area (Å²) < 4.78 is 26.0. The van der Waals surface area contributed by atoms with E-state index in [-0.39, 0.29) is 11.8 Å². The zero-order valence-corrected chi connectivity index (χ0v) is 7.35. The number of hydrogen-bond donors (Lipinski definition) is 2. The molecule has 0 radical (unpaired) electrons. The Hall–Kier alpha value is -0.220. The maximum absolute atomic E-state index is 13.0. The molecule has 1 aliphatic rings. The van der Waals surface area contributed by atoms with Crippen molar-refractivity contribution in [3.63, 3.8) is 0 Å². The molecule has 3 atom stereocenters. The zero-order chi connectivity index (χ0) is 9.57. The number of aliphatic hydroxyl groups excluding tert-OH is 1. The lowest BCUT2D eigenvalue weighted by Crippen LogP contribution is -2.57. The van der Waals surface area contributed by atoms with Crippen LogP contribution < -0.4 is 5.73 Å². The lowest BCUT2D eigenvalue weighted by atomic mass is 9.88. The standard InChI is InChI=1S/C8H15F2NO/c1-5-3-6(5)7(2,11)8(9,10)4-12/h5-6,12H,3-4,11H2,1-2H3/t5-,6-,7+/m0/s1. The Morgan fingerprint density at radius 1 is 1.58 bits per heavy atom. The topological polar surface area (TPSA) is 46.2 Å². The van der Waals surface area contributed by atoms with E-state index in [1.165, 1.54) is 6.92 Å². The number of alkyl halides is 2. The molecule has 0 aromatic carbocycles. The van der Waals surface area contributed by atoms with Gasteiger partial charge in [-0.3, -0.25) is 0 Å². The molecule has 0 aliphatic heterocycles. The fourth-order valence-corrected chi connectivity index (χ4v) is 1.60. The van der Waals surface area contributed by atoms with Gasteiger partial charge in [0.25, 0.3) is 5.92 Å². The van der Waals surface area contributed by atoms with Gasteiger partial charge < -0.3 is 10.8 Å². The van der Waals surface area contributed by atoms with Gasteiger partial charge in [0, 0.05) is 0 Å². The Bertz CT molecular complexity index is 182. The quantitative estimate of drug-likeness (QED) is 0.678. The van der Waals surface area contributed by atoms with E-state index < -0.39 is 18.1 Å². The van der Waals surface area contributed by atoms with Crippen LogP contribution in [0.3, 0.4) is 0 Å². The van der Waals surface area contributed by atoms with E-state index in [0.717, 1.165) is 6.42 Å². The van der Waals surface area contributed by atoms with Gasteiger partial charge in [0.15, 0.2) is 0 Å². The van der Waals surface area contributed by atoms with Gasteiger partial charge in [-0.25, -0.2) is 8.78 Å². The lowest BCUT2D eigenvalue weighted by molar-refractivity contribution is -0.113. The fourth-order valence-electron chi connectivity index (χ4n) is 1.60. The first-order valence-corrected chi connectivity index (χ1v) is 4.10. The number of rotatable bonds is 3. The van der Waals surface area contributed by atoms with Crippen molar-refractivity contribution in [2.24, 2.45) is 17.6 Å². The molecule has 3 N–H and O–H groups in total. The molecule has 0 bridgehead atoms. The van der Waals surface area contributed by atoms with Crippen molar-refractivity contribution in [2.75, 3.05) is 6.61 Å². The highest BCUT2D eigenvalue weighted by atomic mass is 19.3. The van der Waals surface area contributed by atoms with Crippen LogP contribution in [0.2, 0.25) is 0 Å².